The lowest BCUT2D eigenvalue weighted by Crippen LogP contribution is -1.98. The molecule has 0 atom stereocenters. The minimum absolute atomic E-state index is 0.323. The van der Waals surface area contributed by atoms with Gasteiger partial charge in [0.15, 0.2) is 0 Å². The minimum Gasteiger partial charge on any atom is -0.478 e. The van der Waals surface area contributed by atoms with Crippen LogP contribution in [-0.2, 0) is 0 Å². The lowest BCUT2D eigenvalue weighted by Gasteiger charge is -2.04. The molecule has 2 aromatic carbocycles. The number of benzene rings is 2. The van der Waals surface area contributed by atoms with Gasteiger partial charge in [-0.3, -0.25) is 0 Å². The van der Waals surface area contributed by atoms with Gasteiger partial charge in [0.1, 0.15) is 0 Å². The standard InChI is InChI=1S/C17H16O2S/c1-2-20-16-10-6-4-8-14(16)12-11-13-7-3-5-9-15(13)17(18)19/h3-12H,2H2,1H3,(H,18,19). The molecule has 0 saturated heterocycles. The van der Waals surface area contributed by atoms with Crippen LogP contribution in [0.4, 0.5) is 0 Å². The van der Waals surface area contributed by atoms with Crippen molar-refractivity contribution in [2.24, 2.45) is 0 Å². The van der Waals surface area contributed by atoms with Crippen LogP contribution in [0.3, 0.4) is 0 Å². The van der Waals surface area contributed by atoms with Crippen LogP contribution in [0.15, 0.2) is 53.4 Å². The molecule has 0 amide bonds. The molecule has 0 bridgehead atoms. The third-order valence-electron chi connectivity index (χ3n) is 2.85. The highest BCUT2D eigenvalue weighted by molar-refractivity contribution is 7.99. The van der Waals surface area contributed by atoms with Crippen LogP contribution in [0.25, 0.3) is 12.2 Å². The maximum atomic E-state index is 11.2. The predicted molar refractivity (Wildman–Crippen MR) is 85.2 cm³/mol. The molecule has 0 aliphatic heterocycles. The number of hydrogen-bond acceptors (Lipinski definition) is 2. The topological polar surface area (TPSA) is 37.3 Å². The van der Waals surface area contributed by atoms with Crippen LogP contribution in [0.2, 0.25) is 0 Å². The molecular formula is C17H16O2S. The third kappa shape index (κ3) is 3.52. The summed E-state index contributed by atoms with van der Waals surface area (Å²) in [7, 11) is 0. The van der Waals surface area contributed by atoms with Crippen molar-refractivity contribution in [1.29, 1.82) is 0 Å². The highest BCUT2D eigenvalue weighted by Gasteiger charge is 2.06. The van der Waals surface area contributed by atoms with Crippen molar-refractivity contribution in [1.82, 2.24) is 0 Å². The number of thioether (sulfide) groups is 1. The Morgan fingerprint density at radius 2 is 1.65 bits per heavy atom. The van der Waals surface area contributed by atoms with E-state index in [-0.39, 0.29) is 0 Å². The van der Waals surface area contributed by atoms with E-state index in [1.165, 1.54) is 4.90 Å². The summed E-state index contributed by atoms with van der Waals surface area (Å²) in [5.41, 5.74) is 2.15. The van der Waals surface area contributed by atoms with E-state index in [1.807, 2.05) is 42.5 Å². The Hall–Kier alpha value is -2.00. The number of carboxylic acids is 1. The quantitative estimate of drug-likeness (QED) is 0.640. The van der Waals surface area contributed by atoms with Crippen LogP contribution in [0.5, 0.6) is 0 Å². The molecule has 0 fully saturated rings. The summed E-state index contributed by atoms with van der Waals surface area (Å²) in [5, 5.41) is 9.16. The molecule has 0 heterocycles. The molecule has 2 rings (SSSR count). The molecule has 2 nitrogen and oxygen atoms in total. The van der Waals surface area contributed by atoms with E-state index in [2.05, 4.69) is 13.0 Å². The van der Waals surface area contributed by atoms with Gasteiger partial charge in [-0.1, -0.05) is 55.5 Å². The van der Waals surface area contributed by atoms with Gasteiger partial charge in [0.25, 0.3) is 0 Å². The second kappa shape index (κ2) is 6.96. The molecule has 3 heteroatoms. The van der Waals surface area contributed by atoms with Gasteiger partial charge in [0.05, 0.1) is 5.56 Å². The summed E-state index contributed by atoms with van der Waals surface area (Å²) < 4.78 is 0. The monoisotopic (exact) mass is 284 g/mol. The highest BCUT2D eigenvalue weighted by Crippen LogP contribution is 2.24. The van der Waals surface area contributed by atoms with Gasteiger partial charge in [0, 0.05) is 4.90 Å². The molecule has 0 radical (unpaired) electrons. The summed E-state index contributed by atoms with van der Waals surface area (Å²) >= 11 is 1.78. The first-order chi connectivity index (χ1) is 9.72. The second-order valence-corrected chi connectivity index (χ2v) is 5.50. The van der Waals surface area contributed by atoms with E-state index in [0.717, 1.165) is 16.9 Å². The molecule has 0 aliphatic rings. The molecule has 0 aliphatic carbocycles. The third-order valence-corrected chi connectivity index (χ3v) is 3.82. The van der Waals surface area contributed by atoms with Gasteiger partial charge in [-0.25, -0.2) is 4.79 Å². The molecule has 20 heavy (non-hydrogen) atoms. The van der Waals surface area contributed by atoms with Crippen molar-refractivity contribution in [3.05, 3.63) is 65.2 Å². The largest absolute Gasteiger partial charge is 0.478 e. The molecule has 0 unspecified atom stereocenters. The maximum absolute atomic E-state index is 11.2. The van der Waals surface area contributed by atoms with Crippen molar-refractivity contribution in [3.8, 4) is 0 Å². The van der Waals surface area contributed by atoms with E-state index in [9.17, 15) is 4.79 Å². The second-order valence-electron chi connectivity index (χ2n) is 4.20. The Morgan fingerprint density at radius 3 is 2.35 bits per heavy atom. The molecule has 0 spiro atoms. The predicted octanol–water partition coefficient (Wildman–Crippen LogP) is 4.67. The van der Waals surface area contributed by atoms with Crippen molar-refractivity contribution >= 4 is 29.9 Å². The maximum Gasteiger partial charge on any atom is 0.336 e. The lowest BCUT2D eigenvalue weighted by atomic mass is 10.1. The summed E-state index contributed by atoms with van der Waals surface area (Å²) in [6.45, 7) is 2.12. The van der Waals surface area contributed by atoms with E-state index in [1.54, 1.807) is 23.9 Å². The number of aromatic carboxylic acids is 1. The summed E-state index contributed by atoms with van der Waals surface area (Å²) in [5.74, 6) is 0.109. The van der Waals surface area contributed by atoms with Gasteiger partial charge < -0.3 is 5.11 Å². The molecule has 2 aromatic rings. The van der Waals surface area contributed by atoms with Gasteiger partial charge >= 0.3 is 5.97 Å². The fourth-order valence-corrected chi connectivity index (χ4v) is 2.71. The summed E-state index contributed by atoms with van der Waals surface area (Å²) in [4.78, 5) is 12.4. The van der Waals surface area contributed by atoms with Gasteiger partial charge in [-0.15, -0.1) is 11.8 Å². The Labute approximate surface area is 123 Å². The molecular weight excluding hydrogens is 268 g/mol. The van der Waals surface area contributed by atoms with Crippen LogP contribution in [0, 0.1) is 0 Å². The Balaban J connectivity index is 2.33. The van der Waals surface area contributed by atoms with Crippen LogP contribution < -0.4 is 0 Å². The van der Waals surface area contributed by atoms with Crippen molar-refractivity contribution in [3.63, 3.8) is 0 Å². The number of carbonyl (C=O) groups is 1. The molecule has 1 N–H and O–H groups in total. The molecule has 0 saturated carbocycles. The fraction of sp³-hybridized carbons (Fsp3) is 0.118. The average molecular weight is 284 g/mol. The highest BCUT2D eigenvalue weighted by atomic mass is 32.2. The van der Waals surface area contributed by atoms with Gasteiger partial charge in [-0.2, -0.15) is 0 Å². The Kier molecular flexibility index (Phi) is 5.02. The first-order valence-electron chi connectivity index (χ1n) is 6.44. The molecule has 102 valence electrons. The normalized spacial score (nSPS) is 10.8. The number of carboxylic acid groups (broad SMARTS) is 1. The zero-order valence-electron chi connectivity index (χ0n) is 11.2. The zero-order valence-corrected chi connectivity index (χ0v) is 12.1. The SMILES string of the molecule is CCSc1ccccc1C=Cc1ccccc1C(=O)O. The van der Waals surface area contributed by atoms with Crippen LogP contribution >= 0.6 is 11.8 Å². The summed E-state index contributed by atoms with van der Waals surface area (Å²) in [6, 6.07) is 15.1. The van der Waals surface area contributed by atoms with E-state index in [4.69, 9.17) is 5.11 Å². The van der Waals surface area contributed by atoms with Gasteiger partial charge in [0.2, 0.25) is 0 Å². The van der Waals surface area contributed by atoms with Crippen LogP contribution in [-0.4, -0.2) is 16.8 Å². The first kappa shape index (κ1) is 14.4. The van der Waals surface area contributed by atoms with Crippen molar-refractivity contribution in [2.75, 3.05) is 5.75 Å². The Morgan fingerprint density at radius 1 is 1.05 bits per heavy atom. The minimum atomic E-state index is -0.901. The van der Waals surface area contributed by atoms with E-state index in [0.29, 0.717) is 5.56 Å². The van der Waals surface area contributed by atoms with E-state index < -0.39 is 5.97 Å². The molecule has 0 aromatic heterocycles. The number of rotatable bonds is 5. The fourth-order valence-electron chi connectivity index (χ4n) is 1.92. The lowest BCUT2D eigenvalue weighted by molar-refractivity contribution is 0.0696. The average Bonchev–Trinajstić information content (AvgIpc) is 2.47. The smallest absolute Gasteiger partial charge is 0.336 e. The van der Waals surface area contributed by atoms with Crippen molar-refractivity contribution < 1.29 is 9.90 Å². The number of hydrogen-bond donors (Lipinski definition) is 1. The zero-order chi connectivity index (χ0) is 14.4. The Bertz CT molecular complexity index is 632. The van der Waals surface area contributed by atoms with Crippen molar-refractivity contribution in [2.45, 2.75) is 11.8 Å². The summed E-state index contributed by atoms with van der Waals surface area (Å²) in [6.07, 6.45) is 3.83. The van der Waals surface area contributed by atoms with E-state index >= 15 is 0 Å². The van der Waals surface area contributed by atoms with Gasteiger partial charge in [-0.05, 0) is 29.0 Å². The van der Waals surface area contributed by atoms with Crippen LogP contribution in [0.1, 0.15) is 28.4 Å². The first-order valence-corrected chi connectivity index (χ1v) is 7.43.